The highest BCUT2D eigenvalue weighted by atomic mass is 16.5. The summed E-state index contributed by atoms with van der Waals surface area (Å²) >= 11 is 0. The molecular weight excluding hydrogens is 222 g/mol. The molecule has 0 aromatic heterocycles. The molecule has 0 bridgehead atoms. The Hall–Kier alpha value is -1.36. The van der Waals surface area contributed by atoms with Crippen molar-refractivity contribution in [3.63, 3.8) is 0 Å². The predicted octanol–water partition coefficient (Wildman–Crippen LogP) is 1.34. The molecule has 0 heterocycles. The summed E-state index contributed by atoms with van der Waals surface area (Å²) in [5.41, 5.74) is 0. The van der Waals surface area contributed by atoms with E-state index in [1.54, 1.807) is 13.0 Å². The predicted molar refractivity (Wildman–Crippen MR) is 64.7 cm³/mol. The van der Waals surface area contributed by atoms with Crippen molar-refractivity contribution in [2.75, 3.05) is 13.2 Å². The Labute approximate surface area is 102 Å². The van der Waals surface area contributed by atoms with Crippen molar-refractivity contribution in [3.8, 4) is 0 Å². The van der Waals surface area contributed by atoms with E-state index in [0.29, 0.717) is 32.5 Å². The lowest BCUT2D eigenvalue weighted by atomic mass is 10.2. The first-order valence-corrected chi connectivity index (χ1v) is 5.76. The van der Waals surface area contributed by atoms with Crippen LogP contribution in [-0.2, 0) is 14.3 Å². The summed E-state index contributed by atoms with van der Waals surface area (Å²) in [5.74, 6) is -0.908. The first-order valence-electron chi connectivity index (χ1n) is 5.76. The molecule has 0 aliphatic heterocycles. The van der Waals surface area contributed by atoms with E-state index in [0.717, 1.165) is 0 Å². The number of carbonyl (C=O) groups excluding carboxylic acids is 1. The van der Waals surface area contributed by atoms with Crippen LogP contribution in [0, 0.1) is 0 Å². The topological polar surface area (TPSA) is 75.6 Å². The van der Waals surface area contributed by atoms with Crippen molar-refractivity contribution in [1.29, 1.82) is 0 Å². The number of rotatable bonds is 10. The number of hydrogen-bond acceptors (Lipinski definition) is 3. The van der Waals surface area contributed by atoms with Gasteiger partial charge in [0.2, 0.25) is 5.91 Å². The molecule has 0 aliphatic carbocycles. The minimum Gasteiger partial charge on any atom is -0.481 e. The number of aliphatic carboxylic acids is 1. The molecule has 0 aromatic rings. The Morgan fingerprint density at radius 2 is 2.18 bits per heavy atom. The zero-order valence-electron chi connectivity index (χ0n) is 10.3. The van der Waals surface area contributed by atoms with Gasteiger partial charge in [-0.25, -0.2) is 0 Å². The normalized spacial score (nSPS) is 11.8. The number of amides is 1. The van der Waals surface area contributed by atoms with Crippen LogP contribution in [0.15, 0.2) is 12.7 Å². The number of ether oxygens (including phenoxy) is 1. The monoisotopic (exact) mass is 243 g/mol. The van der Waals surface area contributed by atoms with Gasteiger partial charge in [-0.3, -0.25) is 9.59 Å². The molecule has 1 atom stereocenters. The fourth-order valence-electron chi connectivity index (χ4n) is 1.26. The molecule has 2 N–H and O–H groups in total. The summed E-state index contributed by atoms with van der Waals surface area (Å²) in [6.07, 6.45) is 3.24. The molecule has 0 radical (unpaired) electrons. The minimum absolute atomic E-state index is 0.0647. The van der Waals surface area contributed by atoms with Crippen LogP contribution in [0.3, 0.4) is 0 Å². The second kappa shape index (κ2) is 9.84. The second-order valence-electron chi connectivity index (χ2n) is 3.87. The van der Waals surface area contributed by atoms with Crippen LogP contribution in [-0.4, -0.2) is 36.2 Å². The quantitative estimate of drug-likeness (QED) is 0.448. The highest BCUT2D eigenvalue weighted by molar-refractivity contribution is 5.76. The van der Waals surface area contributed by atoms with Gasteiger partial charge < -0.3 is 15.2 Å². The summed E-state index contributed by atoms with van der Waals surface area (Å²) in [6, 6.07) is -0.104. The SMILES string of the molecule is C=CCOCCCC(=O)NC(C)CCC(=O)O. The number of nitrogens with one attached hydrogen (secondary N) is 1. The van der Waals surface area contributed by atoms with Crippen molar-refractivity contribution >= 4 is 11.9 Å². The number of hydrogen-bond donors (Lipinski definition) is 2. The molecule has 1 amide bonds. The minimum atomic E-state index is -0.844. The molecule has 0 aromatic carbocycles. The maximum Gasteiger partial charge on any atom is 0.303 e. The van der Waals surface area contributed by atoms with Crippen LogP contribution in [0.2, 0.25) is 0 Å². The lowest BCUT2D eigenvalue weighted by Crippen LogP contribution is -2.32. The van der Waals surface area contributed by atoms with E-state index < -0.39 is 5.97 Å². The largest absolute Gasteiger partial charge is 0.481 e. The van der Waals surface area contributed by atoms with Crippen LogP contribution in [0.4, 0.5) is 0 Å². The molecule has 5 heteroatoms. The molecule has 0 saturated heterocycles. The van der Waals surface area contributed by atoms with Gasteiger partial charge in [-0.15, -0.1) is 6.58 Å². The van der Waals surface area contributed by atoms with E-state index in [4.69, 9.17) is 9.84 Å². The maximum absolute atomic E-state index is 11.4. The van der Waals surface area contributed by atoms with E-state index >= 15 is 0 Å². The molecule has 1 unspecified atom stereocenters. The molecule has 0 spiro atoms. The smallest absolute Gasteiger partial charge is 0.303 e. The molecule has 17 heavy (non-hydrogen) atoms. The van der Waals surface area contributed by atoms with Gasteiger partial charge in [0.15, 0.2) is 0 Å². The standard InChI is InChI=1S/C12H21NO4/c1-3-8-17-9-4-5-11(14)13-10(2)6-7-12(15)16/h3,10H,1,4-9H2,2H3,(H,13,14)(H,15,16). The van der Waals surface area contributed by atoms with E-state index in [2.05, 4.69) is 11.9 Å². The Morgan fingerprint density at radius 3 is 2.76 bits per heavy atom. The average molecular weight is 243 g/mol. The van der Waals surface area contributed by atoms with Crippen LogP contribution in [0.5, 0.6) is 0 Å². The van der Waals surface area contributed by atoms with Crippen molar-refractivity contribution in [1.82, 2.24) is 5.32 Å². The van der Waals surface area contributed by atoms with Gasteiger partial charge >= 0.3 is 5.97 Å². The van der Waals surface area contributed by atoms with E-state index in [-0.39, 0.29) is 18.4 Å². The van der Waals surface area contributed by atoms with Gasteiger partial charge in [0, 0.05) is 25.5 Å². The third kappa shape index (κ3) is 10.9. The number of carboxylic acids is 1. The fourth-order valence-corrected chi connectivity index (χ4v) is 1.26. The number of carbonyl (C=O) groups is 2. The van der Waals surface area contributed by atoms with Crippen LogP contribution >= 0.6 is 0 Å². The molecule has 5 nitrogen and oxygen atoms in total. The molecule has 0 aliphatic rings. The van der Waals surface area contributed by atoms with Crippen LogP contribution < -0.4 is 5.32 Å². The highest BCUT2D eigenvalue weighted by Crippen LogP contribution is 1.98. The van der Waals surface area contributed by atoms with Gasteiger partial charge in [-0.1, -0.05) is 6.08 Å². The average Bonchev–Trinajstić information content (AvgIpc) is 2.26. The van der Waals surface area contributed by atoms with Crippen molar-refractivity contribution in [2.24, 2.45) is 0 Å². The first-order chi connectivity index (χ1) is 8.06. The summed E-state index contributed by atoms with van der Waals surface area (Å²) < 4.78 is 5.14. The first kappa shape index (κ1) is 15.6. The second-order valence-corrected chi connectivity index (χ2v) is 3.87. The molecular formula is C12H21NO4. The van der Waals surface area contributed by atoms with Crippen molar-refractivity contribution in [3.05, 3.63) is 12.7 Å². The fraction of sp³-hybridized carbons (Fsp3) is 0.667. The van der Waals surface area contributed by atoms with Gasteiger partial charge in [0.1, 0.15) is 0 Å². The number of carboxylic acid groups (broad SMARTS) is 1. The molecule has 0 saturated carbocycles. The zero-order valence-corrected chi connectivity index (χ0v) is 10.3. The third-order valence-corrected chi connectivity index (χ3v) is 2.13. The summed E-state index contributed by atoms with van der Waals surface area (Å²) in [4.78, 5) is 21.7. The summed E-state index contributed by atoms with van der Waals surface area (Å²) in [5, 5.41) is 11.2. The van der Waals surface area contributed by atoms with E-state index in [1.807, 2.05) is 0 Å². The van der Waals surface area contributed by atoms with Crippen molar-refractivity contribution in [2.45, 2.75) is 38.6 Å². The van der Waals surface area contributed by atoms with Crippen LogP contribution in [0.25, 0.3) is 0 Å². The summed E-state index contributed by atoms with van der Waals surface area (Å²) in [6.45, 7) is 6.34. The highest BCUT2D eigenvalue weighted by Gasteiger charge is 2.08. The lowest BCUT2D eigenvalue weighted by Gasteiger charge is -2.12. The van der Waals surface area contributed by atoms with Crippen molar-refractivity contribution < 1.29 is 19.4 Å². The van der Waals surface area contributed by atoms with E-state index in [1.165, 1.54) is 0 Å². The molecule has 0 rings (SSSR count). The van der Waals surface area contributed by atoms with Gasteiger partial charge in [-0.05, 0) is 19.8 Å². The lowest BCUT2D eigenvalue weighted by molar-refractivity contribution is -0.137. The third-order valence-electron chi connectivity index (χ3n) is 2.13. The van der Waals surface area contributed by atoms with E-state index in [9.17, 15) is 9.59 Å². The van der Waals surface area contributed by atoms with Gasteiger partial charge in [-0.2, -0.15) is 0 Å². The van der Waals surface area contributed by atoms with Gasteiger partial charge in [0.05, 0.1) is 6.61 Å². The zero-order chi connectivity index (χ0) is 13.1. The Balaban J connectivity index is 3.50. The Morgan fingerprint density at radius 1 is 1.47 bits per heavy atom. The van der Waals surface area contributed by atoms with Gasteiger partial charge in [0.25, 0.3) is 0 Å². The maximum atomic E-state index is 11.4. The van der Waals surface area contributed by atoms with Crippen LogP contribution in [0.1, 0.15) is 32.6 Å². The Bertz CT molecular complexity index is 253. The Kier molecular flexibility index (Phi) is 9.05. The molecule has 98 valence electrons. The summed E-state index contributed by atoms with van der Waals surface area (Å²) in [7, 11) is 0. The molecule has 0 fully saturated rings.